The zero-order valence-electron chi connectivity index (χ0n) is 25.4. The second-order valence-corrected chi connectivity index (χ2v) is 10.5. The van der Waals surface area contributed by atoms with Crippen molar-refractivity contribution < 1.29 is 0 Å². The molecular formula is C36H53N. The molecular weight excluding hydrogens is 446 g/mol. The highest BCUT2D eigenvalue weighted by molar-refractivity contribution is 5.65. The van der Waals surface area contributed by atoms with Gasteiger partial charge in [-0.2, -0.15) is 0 Å². The third kappa shape index (κ3) is 10.2. The Bertz CT molecular complexity index is 1190. The number of aryl methyl sites for hydroxylation is 3. The molecule has 0 radical (unpaired) electrons. The molecule has 202 valence electrons. The van der Waals surface area contributed by atoms with Gasteiger partial charge in [-0.3, -0.25) is 0 Å². The Balaban J connectivity index is 0.000000402. The third-order valence-corrected chi connectivity index (χ3v) is 6.97. The summed E-state index contributed by atoms with van der Waals surface area (Å²) < 4.78 is 2.46. The highest BCUT2D eigenvalue weighted by Gasteiger charge is 2.15. The summed E-state index contributed by atoms with van der Waals surface area (Å²) in [5.74, 6) is 0.731. The third-order valence-electron chi connectivity index (χ3n) is 6.97. The molecule has 0 aliphatic heterocycles. The summed E-state index contributed by atoms with van der Waals surface area (Å²) in [4.78, 5) is 0. The van der Waals surface area contributed by atoms with Crippen molar-refractivity contribution in [1.82, 2.24) is 4.57 Å². The Morgan fingerprint density at radius 1 is 0.946 bits per heavy atom. The van der Waals surface area contributed by atoms with Crippen molar-refractivity contribution in [3.63, 3.8) is 0 Å². The molecule has 1 atom stereocenters. The summed E-state index contributed by atoms with van der Waals surface area (Å²) in [6, 6.07) is 17.4. The lowest BCUT2D eigenvalue weighted by atomic mass is 9.99. The highest BCUT2D eigenvalue weighted by atomic mass is 15.0. The fourth-order valence-corrected chi connectivity index (χ4v) is 4.58. The molecule has 0 saturated carbocycles. The second kappa shape index (κ2) is 16.8. The van der Waals surface area contributed by atoms with Crippen LogP contribution >= 0.6 is 0 Å². The Morgan fingerprint density at radius 3 is 2.05 bits per heavy atom. The van der Waals surface area contributed by atoms with Gasteiger partial charge in [0.1, 0.15) is 0 Å². The molecule has 3 aromatic rings. The zero-order chi connectivity index (χ0) is 28.0. The summed E-state index contributed by atoms with van der Waals surface area (Å²) in [6.45, 7) is 28.4. The van der Waals surface area contributed by atoms with Gasteiger partial charge < -0.3 is 4.57 Å². The lowest BCUT2D eigenvalue weighted by Crippen LogP contribution is -2.30. The van der Waals surface area contributed by atoms with Gasteiger partial charge in [0, 0.05) is 11.9 Å². The van der Waals surface area contributed by atoms with Gasteiger partial charge in [0.25, 0.3) is 0 Å². The lowest BCUT2D eigenvalue weighted by molar-refractivity contribution is 0.389. The van der Waals surface area contributed by atoms with E-state index in [0.717, 1.165) is 18.9 Å². The summed E-state index contributed by atoms with van der Waals surface area (Å²) >= 11 is 0. The van der Waals surface area contributed by atoms with E-state index in [2.05, 4.69) is 121 Å². The van der Waals surface area contributed by atoms with E-state index in [4.69, 9.17) is 0 Å². The maximum atomic E-state index is 4.40. The number of hydrogen-bond donors (Lipinski definition) is 0. The van der Waals surface area contributed by atoms with Crippen LogP contribution in [0.4, 0.5) is 0 Å². The van der Waals surface area contributed by atoms with Gasteiger partial charge in [-0.25, -0.2) is 0 Å². The van der Waals surface area contributed by atoms with Crippen LogP contribution in [0.5, 0.6) is 0 Å². The van der Waals surface area contributed by atoms with Crippen molar-refractivity contribution in [2.45, 2.75) is 101 Å². The van der Waals surface area contributed by atoms with E-state index in [0.29, 0.717) is 0 Å². The number of benzene rings is 2. The Hall–Kier alpha value is -2.80. The maximum Gasteiger partial charge on any atom is 0.0520 e. The predicted molar refractivity (Wildman–Crippen MR) is 169 cm³/mol. The topological polar surface area (TPSA) is 4.93 Å². The molecule has 0 amide bonds. The first-order chi connectivity index (χ1) is 17.6. The fraction of sp³-hybridized carbons (Fsp3) is 0.444. The van der Waals surface area contributed by atoms with Gasteiger partial charge in [-0.05, 0) is 93.3 Å². The Kier molecular flexibility index (Phi) is 14.7. The Morgan fingerprint density at radius 2 is 1.57 bits per heavy atom. The summed E-state index contributed by atoms with van der Waals surface area (Å²) in [7, 11) is 0. The molecule has 0 bridgehead atoms. The second-order valence-electron chi connectivity index (χ2n) is 10.5. The van der Waals surface area contributed by atoms with E-state index in [1.54, 1.807) is 0 Å². The number of rotatable bonds is 8. The number of unbranched alkanes of at least 4 members (excludes halogenated alkanes) is 1. The summed E-state index contributed by atoms with van der Waals surface area (Å²) in [5, 5.41) is 2.47. The minimum Gasteiger partial charge on any atom is -0.340 e. The first-order valence-electron chi connectivity index (χ1n) is 14.2. The molecule has 0 aliphatic rings. The predicted octanol–water partition coefficient (Wildman–Crippen LogP) is 9.34. The fourth-order valence-electron chi connectivity index (χ4n) is 4.58. The van der Waals surface area contributed by atoms with Crippen molar-refractivity contribution in [1.29, 1.82) is 0 Å². The zero-order valence-corrected chi connectivity index (χ0v) is 25.4. The van der Waals surface area contributed by atoms with E-state index in [-0.39, 0.29) is 0 Å². The molecule has 0 spiro atoms. The monoisotopic (exact) mass is 499 g/mol. The smallest absolute Gasteiger partial charge is 0.0520 e. The van der Waals surface area contributed by atoms with Gasteiger partial charge >= 0.3 is 0 Å². The number of aromatic nitrogens is 1. The van der Waals surface area contributed by atoms with Crippen molar-refractivity contribution in [3.05, 3.63) is 93.5 Å². The molecule has 0 unspecified atom stereocenters. The lowest BCUT2D eigenvalue weighted by Gasteiger charge is -2.19. The van der Waals surface area contributed by atoms with Gasteiger partial charge in [0.05, 0.1) is 5.69 Å². The van der Waals surface area contributed by atoms with Crippen LogP contribution in [0.3, 0.4) is 0 Å². The SMILES string of the molecule is C=C(C)C.C=c1/c(=C\C)c(C)c(-c2ccccc2)n1C[C@@H](CC)CCCC.CCc1ccc(C)c(C)c1. The van der Waals surface area contributed by atoms with Crippen molar-refractivity contribution in [2.75, 3.05) is 0 Å². The van der Waals surface area contributed by atoms with Crippen LogP contribution in [0.25, 0.3) is 23.9 Å². The van der Waals surface area contributed by atoms with Crippen LogP contribution in [0.2, 0.25) is 0 Å². The summed E-state index contributed by atoms with van der Waals surface area (Å²) in [6.07, 6.45) is 8.48. The Labute approximate surface area is 228 Å². The van der Waals surface area contributed by atoms with E-state index in [1.807, 2.05) is 13.8 Å². The largest absolute Gasteiger partial charge is 0.340 e. The standard InChI is InChI=1S/C22H31N.C10H14.C4H8/c1-6-9-13-19(7-2)16-23-18(5)21(8-3)17(4)22(23)20-14-11-10-12-15-20;1-4-10-6-5-8(2)9(3)7-10;1-4(2)3/h8,10-12,14-15,19H,5-7,9,13,16H2,1-4H3;5-7H,4H2,1-3H3;1H2,2-3H3/b21-8-;;/t19-;;/m0../s1. The minimum absolute atomic E-state index is 0.731. The van der Waals surface area contributed by atoms with Crippen LogP contribution in [-0.2, 0) is 13.0 Å². The van der Waals surface area contributed by atoms with E-state index in [9.17, 15) is 0 Å². The molecule has 3 rings (SSSR count). The number of allylic oxidation sites excluding steroid dienone is 1. The molecule has 0 fully saturated rings. The van der Waals surface area contributed by atoms with Crippen LogP contribution in [0.1, 0.15) is 89.5 Å². The van der Waals surface area contributed by atoms with Crippen LogP contribution in [0, 0.1) is 26.7 Å². The van der Waals surface area contributed by atoms with Gasteiger partial charge in [-0.1, -0.05) is 107 Å². The average Bonchev–Trinajstić information content (AvgIpc) is 3.12. The molecule has 1 heterocycles. The molecule has 1 nitrogen and oxygen atoms in total. The van der Waals surface area contributed by atoms with Crippen molar-refractivity contribution in [2.24, 2.45) is 5.92 Å². The molecule has 37 heavy (non-hydrogen) atoms. The van der Waals surface area contributed by atoms with Crippen LogP contribution in [0.15, 0.2) is 60.7 Å². The first-order valence-corrected chi connectivity index (χ1v) is 14.2. The minimum atomic E-state index is 0.731. The summed E-state index contributed by atoms with van der Waals surface area (Å²) in [5.41, 5.74) is 9.39. The molecule has 0 N–H and O–H groups in total. The normalized spacial score (nSPS) is 11.8. The molecule has 0 saturated heterocycles. The molecule has 1 aromatic heterocycles. The molecule has 0 aliphatic carbocycles. The average molecular weight is 500 g/mol. The van der Waals surface area contributed by atoms with E-state index < -0.39 is 0 Å². The van der Waals surface area contributed by atoms with Crippen molar-refractivity contribution in [3.8, 4) is 11.3 Å². The molecule has 2 aromatic carbocycles. The molecule has 1 heteroatoms. The number of hydrogen-bond acceptors (Lipinski definition) is 0. The van der Waals surface area contributed by atoms with Gasteiger partial charge in [-0.15, -0.1) is 6.58 Å². The van der Waals surface area contributed by atoms with Gasteiger partial charge in [0.15, 0.2) is 0 Å². The van der Waals surface area contributed by atoms with E-state index in [1.165, 1.54) is 75.3 Å². The van der Waals surface area contributed by atoms with Gasteiger partial charge in [0.2, 0.25) is 0 Å². The number of nitrogens with zero attached hydrogens (tertiary/aromatic N) is 1. The first kappa shape index (κ1) is 32.2. The highest BCUT2D eigenvalue weighted by Crippen LogP contribution is 2.23. The van der Waals surface area contributed by atoms with E-state index >= 15 is 0 Å². The maximum absolute atomic E-state index is 4.40. The van der Waals surface area contributed by atoms with Crippen molar-refractivity contribution >= 4 is 12.7 Å². The quantitative estimate of drug-likeness (QED) is 0.272. The van der Waals surface area contributed by atoms with Crippen LogP contribution in [-0.4, -0.2) is 4.57 Å². The van der Waals surface area contributed by atoms with Crippen LogP contribution < -0.4 is 10.6 Å².